The highest BCUT2D eigenvalue weighted by molar-refractivity contribution is 5.55. The SMILES string of the molecule is Cc1nc(N)c(C)c(NC2CCCC2C)n1. The molecule has 2 atom stereocenters. The van der Waals surface area contributed by atoms with E-state index >= 15 is 0 Å². The van der Waals surface area contributed by atoms with E-state index in [1.165, 1.54) is 19.3 Å². The van der Waals surface area contributed by atoms with Crippen LogP contribution in [0.3, 0.4) is 0 Å². The van der Waals surface area contributed by atoms with Crippen LogP contribution in [0.2, 0.25) is 0 Å². The highest BCUT2D eigenvalue weighted by atomic mass is 15.1. The van der Waals surface area contributed by atoms with E-state index in [0.717, 1.165) is 23.1 Å². The van der Waals surface area contributed by atoms with Crippen molar-refractivity contribution in [1.29, 1.82) is 0 Å². The lowest BCUT2D eigenvalue weighted by molar-refractivity contribution is 0.554. The number of hydrogen-bond donors (Lipinski definition) is 2. The summed E-state index contributed by atoms with van der Waals surface area (Å²) in [6, 6.07) is 0.535. The Labute approximate surface area is 96.7 Å². The molecule has 2 unspecified atom stereocenters. The van der Waals surface area contributed by atoms with Gasteiger partial charge in [-0.05, 0) is 32.6 Å². The van der Waals surface area contributed by atoms with Gasteiger partial charge < -0.3 is 11.1 Å². The van der Waals surface area contributed by atoms with E-state index in [2.05, 4.69) is 22.2 Å². The van der Waals surface area contributed by atoms with E-state index in [1.807, 2.05) is 13.8 Å². The van der Waals surface area contributed by atoms with Gasteiger partial charge in [0.25, 0.3) is 0 Å². The van der Waals surface area contributed by atoms with Crippen molar-refractivity contribution in [1.82, 2.24) is 9.97 Å². The number of nitrogens with one attached hydrogen (secondary N) is 1. The Morgan fingerprint density at radius 3 is 2.62 bits per heavy atom. The lowest BCUT2D eigenvalue weighted by Crippen LogP contribution is -2.23. The average Bonchev–Trinajstić information content (AvgIpc) is 2.60. The van der Waals surface area contributed by atoms with Crippen molar-refractivity contribution >= 4 is 11.6 Å². The monoisotopic (exact) mass is 220 g/mol. The third-order valence-corrected chi connectivity index (χ3v) is 3.48. The van der Waals surface area contributed by atoms with Gasteiger partial charge in [0, 0.05) is 11.6 Å². The van der Waals surface area contributed by atoms with Gasteiger partial charge in [-0.3, -0.25) is 0 Å². The first kappa shape index (κ1) is 11.2. The minimum atomic E-state index is 0.535. The van der Waals surface area contributed by atoms with Crippen LogP contribution in [0, 0.1) is 19.8 Å². The lowest BCUT2D eigenvalue weighted by atomic mass is 10.1. The van der Waals surface area contributed by atoms with Crippen molar-refractivity contribution in [3.63, 3.8) is 0 Å². The number of aromatic nitrogens is 2. The van der Waals surface area contributed by atoms with Crippen LogP contribution in [-0.4, -0.2) is 16.0 Å². The number of nitrogens with two attached hydrogens (primary N) is 1. The van der Waals surface area contributed by atoms with Gasteiger partial charge in [-0.15, -0.1) is 0 Å². The van der Waals surface area contributed by atoms with Crippen molar-refractivity contribution in [2.75, 3.05) is 11.1 Å². The summed E-state index contributed by atoms with van der Waals surface area (Å²) >= 11 is 0. The summed E-state index contributed by atoms with van der Waals surface area (Å²) in [6.07, 6.45) is 3.83. The van der Waals surface area contributed by atoms with E-state index in [4.69, 9.17) is 5.73 Å². The zero-order valence-electron chi connectivity index (χ0n) is 10.2. The van der Waals surface area contributed by atoms with E-state index < -0.39 is 0 Å². The summed E-state index contributed by atoms with van der Waals surface area (Å²) in [7, 11) is 0. The Morgan fingerprint density at radius 1 is 1.25 bits per heavy atom. The van der Waals surface area contributed by atoms with Crippen LogP contribution >= 0.6 is 0 Å². The fourth-order valence-corrected chi connectivity index (χ4v) is 2.33. The molecule has 0 saturated heterocycles. The maximum absolute atomic E-state index is 5.84. The summed E-state index contributed by atoms with van der Waals surface area (Å²) in [6.45, 7) is 6.13. The molecule has 1 aliphatic carbocycles. The molecule has 3 N–H and O–H groups in total. The molecule has 1 aromatic rings. The number of hydrogen-bond acceptors (Lipinski definition) is 4. The fraction of sp³-hybridized carbons (Fsp3) is 0.667. The average molecular weight is 220 g/mol. The Morgan fingerprint density at radius 2 is 2.00 bits per heavy atom. The van der Waals surface area contributed by atoms with Crippen molar-refractivity contribution < 1.29 is 0 Å². The second-order valence-corrected chi connectivity index (χ2v) is 4.79. The van der Waals surface area contributed by atoms with Crippen LogP contribution < -0.4 is 11.1 Å². The molecule has 1 saturated carbocycles. The molecule has 0 spiro atoms. The third-order valence-electron chi connectivity index (χ3n) is 3.48. The first-order valence-corrected chi connectivity index (χ1v) is 5.95. The zero-order chi connectivity index (χ0) is 11.7. The molecule has 0 bridgehead atoms. The number of rotatable bonds is 2. The van der Waals surface area contributed by atoms with Gasteiger partial charge in [-0.25, -0.2) is 9.97 Å². The van der Waals surface area contributed by atoms with E-state index in [-0.39, 0.29) is 0 Å². The third kappa shape index (κ3) is 2.10. The van der Waals surface area contributed by atoms with Crippen molar-refractivity contribution in [2.45, 2.75) is 46.1 Å². The summed E-state index contributed by atoms with van der Waals surface area (Å²) in [5.41, 5.74) is 6.80. The highest BCUT2D eigenvalue weighted by Crippen LogP contribution is 2.29. The van der Waals surface area contributed by atoms with Gasteiger partial charge >= 0.3 is 0 Å². The molecule has 0 aromatic carbocycles. The Hall–Kier alpha value is -1.32. The van der Waals surface area contributed by atoms with Gasteiger partial charge in [0.05, 0.1) is 0 Å². The molecule has 16 heavy (non-hydrogen) atoms. The second kappa shape index (κ2) is 4.28. The van der Waals surface area contributed by atoms with Crippen LogP contribution in [0.25, 0.3) is 0 Å². The van der Waals surface area contributed by atoms with Gasteiger partial charge in [0.15, 0.2) is 0 Å². The van der Waals surface area contributed by atoms with Gasteiger partial charge in [0.2, 0.25) is 0 Å². The largest absolute Gasteiger partial charge is 0.383 e. The molecule has 0 amide bonds. The highest BCUT2D eigenvalue weighted by Gasteiger charge is 2.24. The molecule has 88 valence electrons. The van der Waals surface area contributed by atoms with Crippen LogP contribution in [0.1, 0.15) is 37.6 Å². The first-order valence-electron chi connectivity index (χ1n) is 5.95. The van der Waals surface area contributed by atoms with Crippen molar-refractivity contribution in [3.8, 4) is 0 Å². The summed E-state index contributed by atoms with van der Waals surface area (Å²) in [4.78, 5) is 8.58. The van der Waals surface area contributed by atoms with Gasteiger partial charge in [-0.2, -0.15) is 0 Å². The predicted molar refractivity (Wildman–Crippen MR) is 66.3 cm³/mol. The molecular weight excluding hydrogens is 200 g/mol. The van der Waals surface area contributed by atoms with Crippen LogP contribution in [0.5, 0.6) is 0 Å². The van der Waals surface area contributed by atoms with Crippen LogP contribution in [-0.2, 0) is 0 Å². The normalized spacial score (nSPS) is 24.7. The Balaban J connectivity index is 2.20. The molecular formula is C12H20N4. The first-order chi connectivity index (χ1) is 7.58. The smallest absolute Gasteiger partial charge is 0.134 e. The fourth-order valence-electron chi connectivity index (χ4n) is 2.33. The molecule has 4 heteroatoms. The maximum Gasteiger partial charge on any atom is 0.134 e. The minimum absolute atomic E-state index is 0.535. The van der Waals surface area contributed by atoms with E-state index in [9.17, 15) is 0 Å². The summed E-state index contributed by atoms with van der Waals surface area (Å²) < 4.78 is 0. The lowest BCUT2D eigenvalue weighted by Gasteiger charge is -2.19. The van der Waals surface area contributed by atoms with Crippen molar-refractivity contribution in [2.24, 2.45) is 5.92 Å². The minimum Gasteiger partial charge on any atom is -0.383 e. The molecule has 0 aliphatic heterocycles. The van der Waals surface area contributed by atoms with E-state index in [1.54, 1.807) is 0 Å². The summed E-state index contributed by atoms with van der Waals surface area (Å²) in [5.74, 6) is 2.94. The number of aryl methyl sites for hydroxylation is 1. The predicted octanol–water partition coefficient (Wildman–Crippen LogP) is 2.28. The van der Waals surface area contributed by atoms with Crippen molar-refractivity contribution in [3.05, 3.63) is 11.4 Å². The van der Waals surface area contributed by atoms with E-state index in [0.29, 0.717) is 11.9 Å². The number of nitrogen functional groups attached to an aromatic ring is 1. The van der Waals surface area contributed by atoms with Crippen LogP contribution in [0.15, 0.2) is 0 Å². The summed E-state index contributed by atoms with van der Waals surface area (Å²) in [5, 5.41) is 3.51. The maximum atomic E-state index is 5.84. The molecule has 0 radical (unpaired) electrons. The molecule has 4 nitrogen and oxygen atoms in total. The standard InChI is InChI=1S/C12H20N4/c1-7-5-4-6-10(7)16-12-8(2)11(13)14-9(3)15-12/h7,10H,4-6H2,1-3H3,(H3,13,14,15,16). The van der Waals surface area contributed by atoms with Crippen LogP contribution in [0.4, 0.5) is 11.6 Å². The Bertz CT molecular complexity index is 389. The molecule has 2 rings (SSSR count). The Kier molecular flexibility index (Phi) is 2.99. The second-order valence-electron chi connectivity index (χ2n) is 4.79. The molecule has 1 aliphatic rings. The van der Waals surface area contributed by atoms with Gasteiger partial charge in [-0.1, -0.05) is 13.3 Å². The molecule has 1 fully saturated rings. The number of nitrogens with zero attached hydrogens (tertiary/aromatic N) is 2. The van der Waals surface area contributed by atoms with Gasteiger partial charge in [0.1, 0.15) is 17.5 Å². The molecule has 1 heterocycles. The topological polar surface area (TPSA) is 63.8 Å². The zero-order valence-corrected chi connectivity index (χ0v) is 10.2. The number of anilines is 2. The quantitative estimate of drug-likeness (QED) is 0.802. The molecule has 1 aromatic heterocycles.